The predicted molar refractivity (Wildman–Crippen MR) is 495 cm³/mol. The Labute approximate surface area is 775 Å². The molecule has 1 aliphatic carbocycles. The van der Waals surface area contributed by atoms with Crippen molar-refractivity contribution in [3.63, 3.8) is 0 Å². The van der Waals surface area contributed by atoms with E-state index >= 15 is 0 Å². The number of esters is 7. The molecule has 3 aromatic heterocycles. The number of rotatable bonds is 49. The summed E-state index contributed by atoms with van der Waals surface area (Å²) in [5, 5.41) is 36.1. The number of hydrogen-bond donors (Lipinski definition) is 10. The molecule has 9 rings (SSSR count). The number of sulfonamides is 2. The van der Waals surface area contributed by atoms with Gasteiger partial charge in [0.15, 0.2) is 12.2 Å². The van der Waals surface area contributed by atoms with Crippen LogP contribution in [0.25, 0.3) is 23.3 Å². The van der Waals surface area contributed by atoms with Gasteiger partial charge < -0.3 is 89.7 Å². The van der Waals surface area contributed by atoms with Gasteiger partial charge in [0.05, 0.1) is 60.2 Å². The van der Waals surface area contributed by atoms with Crippen LogP contribution in [-0.2, 0) is 91.7 Å². The molecule has 36 nitrogen and oxygen atoms in total. The zero-order chi connectivity index (χ0) is 96.8. The fourth-order valence-corrected chi connectivity index (χ4v) is 21.1. The van der Waals surface area contributed by atoms with Gasteiger partial charge >= 0.3 is 41.8 Å². The van der Waals surface area contributed by atoms with Gasteiger partial charge in [-0.3, -0.25) is 52.7 Å². The number of aromatic nitrogens is 2. The first-order chi connectivity index (χ1) is 62.8. The van der Waals surface area contributed by atoms with E-state index in [1.54, 1.807) is 52.0 Å². The minimum Gasteiger partial charge on any atom is -0.462 e. The normalized spacial score (nSPS) is 18.0. The van der Waals surface area contributed by atoms with E-state index in [9.17, 15) is 84.6 Å². The van der Waals surface area contributed by atoms with E-state index in [4.69, 9.17) is 33.2 Å². The molecule has 6 heterocycles. The second-order valence-electron chi connectivity index (χ2n) is 32.9. The van der Waals surface area contributed by atoms with E-state index in [2.05, 4.69) is 81.0 Å². The summed E-state index contributed by atoms with van der Waals surface area (Å²) in [6.45, 7) is 30.1. The predicted octanol–water partition coefficient (Wildman–Crippen LogP) is 10.1. The number of carbonyl (C=O) groups is 12. The molecule has 0 spiro atoms. The van der Waals surface area contributed by atoms with E-state index in [0.29, 0.717) is 162 Å². The fraction of sp³-hybridized carbons (Fsp3) is 0.548. The van der Waals surface area contributed by atoms with E-state index in [1.807, 2.05) is 23.8 Å². The van der Waals surface area contributed by atoms with Crippen molar-refractivity contribution in [1.29, 1.82) is 0 Å². The van der Waals surface area contributed by atoms with Crippen molar-refractivity contribution in [2.75, 3.05) is 96.3 Å². The number of H-pyrrole nitrogens is 2. The molecule has 3 aliphatic heterocycles. The van der Waals surface area contributed by atoms with Crippen molar-refractivity contribution < 1.29 is 118 Å². The molecule has 4 aliphatic rings. The molecule has 39 heteroatoms. The van der Waals surface area contributed by atoms with Crippen LogP contribution in [0.5, 0.6) is 11.5 Å². The average molecular weight is 1900 g/mol. The number of aryl methyl sites for hydroxylation is 2. The number of hydrogen-bond acceptors (Lipinski definition) is 29. The Morgan fingerprint density at radius 2 is 1.19 bits per heavy atom. The third-order valence-corrected chi connectivity index (χ3v) is 28.8. The van der Waals surface area contributed by atoms with Crippen LogP contribution in [0.4, 0.5) is 11.4 Å². The van der Waals surface area contributed by atoms with E-state index in [0.717, 1.165) is 71.8 Å². The van der Waals surface area contributed by atoms with Crippen LogP contribution < -0.4 is 40.8 Å². The number of aliphatic hydroxyl groups excluding tert-OH is 2. The number of nitrogens with zero attached hydrogens (tertiary/aromatic N) is 3. The molecule has 0 saturated heterocycles. The molecule has 5 amide bonds. The van der Waals surface area contributed by atoms with Crippen molar-refractivity contribution >= 4 is 137 Å². The highest BCUT2D eigenvalue weighted by Crippen LogP contribution is 2.44. The summed E-state index contributed by atoms with van der Waals surface area (Å²) in [6, 6.07) is 9.86. The summed E-state index contributed by atoms with van der Waals surface area (Å²) >= 11 is 0.513. The number of fused-ring (bicyclic) bond motifs is 3. The molecular weight excluding hydrogens is 1770 g/mol. The number of nitrogens with one attached hydrogen (secondary N) is 8. The molecule has 132 heavy (non-hydrogen) atoms. The molecular formula is C93H129N11O25S3. The second kappa shape index (κ2) is 51.0. The first kappa shape index (κ1) is 107. The highest BCUT2D eigenvalue weighted by atomic mass is 32.3. The molecule has 1 fully saturated rings. The lowest BCUT2D eigenvalue weighted by atomic mass is 9.85. The van der Waals surface area contributed by atoms with Crippen LogP contribution >= 0.6 is 11.3 Å². The molecule has 724 valence electrons. The van der Waals surface area contributed by atoms with Crippen LogP contribution in [0.15, 0.2) is 63.0 Å². The topological polar surface area (TPSA) is 492 Å². The van der Waals surface area contributed by atoms with Gasteiger partial charge in [-0.2, -0.15) is 4.31 Å². The number of ether oxygens (including phenoxy) is 7. The summed E-state index contributed by atoms with van der Waals surface area (Å²) in [5.41, 5.74) is 7.45. The van der Waals surface area contributed by atoms with Crippen LogP contribution in [-0.4, -0.2) is 239 Å². The Hall–Kier alpha value is -10.6. The third kappa shape index (κ3) is 29.9. The van der Waals surface area contributed by atoms with Crippen molar-refractivity contribution in [2.24, 2.45) is 11.8 Å². The van der Waals surface area contributed by atoms with Crippen molar-refractivity contribution in [1.82, 2.24) is 44.7 Å². The fourth-order valence-electron chi connectivity index (χ4n) is 16.1. The second-order valence-corrected chi connectivity index (χ2v) is 38.0. The highest BCUT2D eigenvalue weighted by Gasteiger charge is 2.45. The van der Waals surface area contributed by atoms with Crippen LogP contribution in [0.1, 0.15) is 249 Å². The average Bonchev–Trinajstić information content (AvgIpc) is 1.57. The number of benzene rings is 2. The lowest BCUT2D eigenvalue weighted by Crippen LogP contribution is -2.43. The number of anilines is 2. The maximum Gasteiger partial charge on any atom is 0.354 e. The summed E-state index contributed by atoms with van der Waals surface area (Å²) < 4.78 is 92.7. The number of thiophene rings is 1. The van der Waals surface area contributed by atoms with Gasteiger partial charge in [0.25, 0.3) is 49.6 Å². The molecule has 8 atom stereocenters. The Bertz CT molecular complexity index is 5280. The Balaban J connectivity index is 0.000000326. The van der Waals surface area contributed by atoms with Gasteiger partial charge in [-0.1, -0.05) is 79.4 Å². The number of likely N-dealkylation sites (N-methyl/N-ethyl adjacent to an activating group) is 3. The monoisotopic (exact) mass is 1900 g/mol. The van der Waals surface area contributed by atoms with Gasteiger partial charge in [-0.25, -0.2) is 26.4 Å². The Morgan fingerprint density at radius 3 is 1.70 bits per heavy atom. The van der Waals surface area contributed by atoms with Crippen LogP contribution in [0, 0.1) is 39.5 Å². The van der Waals surface area contributed by atoms with Gasteiger partial charge in [0.1, 0.15) is 26.0 Å². The molecule has 5 aromatic rings. The lowest BCUT2D eigenvalue weighted by Gasteiger charge is -2.32. The summed E-state index contributed by atoms with van der Waals surface area (Å²) in [7, 11) is -7.12. The van der Waals surface area contributed by atoms with Gasteiger partial charge in [0, 0.05) is 136 Å². The lowest BCUT2D eigenvalue weighted by molar-refractivity contribution is -0.173. The Morgan fingerprint density at radius 1 is 0.659 bits per heavy atom. The number of aromatic amines is 2. The first-order valence-corrected chi connectivity index (χ1v) is 48.9. The van der Waals surface area contributed by atoms with Crippen LogP contribution in [0.2, 0.25) is 0 Å². The number of carbonyl (C=O) groups excluding carboxylic acids is 12. The van der Waals surface area contributed by atoms with Crippen molar-refractivity contribution in [2.45, 2.75) is 244 Å². The van der Waals surface area contributed by atoms with Gasteiger partial charge in [-0.15, -0.1) is 11.3 Å². The minimum atomic E-state index is -4.59. The van der Waals surface area contributed by atoms with Gasteiger partial charge in [-0.05, 0) is 191 Å². The Kier molecular flexibility index (Phi) is 41.2. The van der Waals surface area contributed by atoms with E-state index < -0.39 is 134 Å². The largest absolute Gasteiger partial charge is 0.462 e. The maximum atomic E-state index is 13.4. The molecule has 2 aromatic carbocycles. The minimum absolute atomic E-state index is 0.0771. The van der Waals surface area contributed by atoms with Crippen LogP contribution in [0.3, 0.4) is 0 Å². The smallest absolute Gasteiger partial charge is 0.354 e. The maximum absolute atomic E-state index is 13.4. The summed E-state index contributed by atoms with van der Waals surface area (Å²) in [5.74, 6) is -8.20. The third-order valence-electron chi connectivity index (χ3n) is 23.4. The highest BCUT2D eigenvalue weighted by molar-refractivity contribution is 7.94. The van der Waals surface area contributed by atoms with E-state index in [1.165, 1.54) is 55.6 Å². The summed E-state index contributed by atoms with van der Waals surface area (Å²) in [4.78, 5) is 164. The molecule has 10 N–H and O–H groups in total. The van der Waals surface area contributed by atoms with E-state index in [-0.39, 0.29) is 82.3 Å². The SMILES string of the molecule is CCCCCC[C@@H](O)CC[C@H]1[C@H](C/C=C\CCCC(=O)OC(=O)C(C)OC(=O)CCC(=O)Oc2ccc3c(c2)/C(=C/c2[nH]c(C)c(C(=O)NCCN(CC)CC)c2C)C(=O)N3)[C@H](OC(C)=O)C[C@@H]1O.CCN[C@@H]1CN(CCCOC)S(=O)(=O)c2sc(S(=O)(=O)NC(=O)C(C)OC(=O)CCC(=O)Oc3ccc4c(c3)/C(=C/c3[nH]c(C)c(C(=O)NCCN(CC)CC)c3C)C(=O)N4)cc21. The number of allylic oxidation sites excluding steroid dienone is 2. The molecule has 1 saturated carbocycles. The molecule has 0 radical (unpaired) electrons. The number of methoxy groups -OCH3 is 1. The zero-order valence-corrected chi connectivity index (χ0v) is 80.3. The number of aliphatic hydroxyl groups is 2. The first-order valence-electron chi connectivity index (χ1n) is 45.2. The van der Waals surface area contributed by atoms with Gasteiger partial charge in [0.2, 0.25) is 0 Å². The number of amides is 5. The van der Waals surface area contributed by atoms with Crippen molar-refractivity contribution in [3.8, 4) is 11.5 Å². The molecule has 2 unspecified atom stereocenters. The zero-order valence-electron chi connectivity index (χ0n) is 77.8. The molecule has 0 bridgehead atoms. The number of unbranched alkanes of at least 4 members (excludes halogenated alkanes) is 4. The van der Waals surface area contributed by atoms with Crippen molar-refractivity contribution in [3.05, 3.63) is 116 Å². The summed E-state index contributed by atoms with van der Waals surface area (Å²) in [6.07, 6.45) is 9.06. The standard InChI is InChI=1S/C52H74N4O13.C41H55N7O12S3/c1-8-11-12-15-18-36(58)21-23-38-39(45(31-44(38)59)67-35(7)57)19-16-13-14-17-20-46(60)69-52(65)34(6)66-47(61)25-26-48(62)68-37-22-24-42-40(29-37)41(50(63)55-42)30-43-32(4)49(33(5)54-43)51(64)53-27-28-56(9-2)10-3;1-8-42-33-23-48(17-11-19-58-7)63(56,57)41-30(33)22-36(61-41)62(54,55)46-38(51)26(6)59-34(49)14-15-35(50)60-27-12-13-31-28(20-27)29(39(52)45-31)21-32-24(4)37(25(5)44-32)40(53)43-16-18-47(9-2)10-3/h13,16,22,24,29-30,34,36,38-39,44-45,54,58-59H,8-12,14-15,17-21,23,25-28,31H2,1-7H3,(H,53,64)(H,55,63);12-13,20-22,26,33,42,44H,8-11,14-19,23H2,1-7H3,(H,43,53)(H,45,52)(H,46,51)/b16-13-,41-30-;29-21-/t34?,36-,38+,39+,44+,45-;26?,33-/m11/s1. The quantitative estimate of drug-likeness (QED) is 0.00329.